The second-order valence-corrected chi connectivity index (χ2v) is 11.1. The maximum Gasteiger partial charge on any atom is 0.270 e. The number of carbonyl (C=O) groups is 1. The van der Waals surface area contributed by atoms with Crippen molar-refractivity contribution in [2.45, 2.75) is 42.9 Å². The van der Waals surface area contributed by atoms with E-state index in [1.54, 1.807) is 6.92 Å². The van der Waals surface area contributed by atoms with E-state index in [1.807, 2.05) is 4.72 Å². The van der Waals surface area contributed by atoms with Gasteiger partial charge >= 0.3 is 0 Å². The standard InChI is InChI=1S/C20H23N3O7S2/c1-14-7-9-17(23(25)26)13-18(14)31(27,28)21-20(24)16-8-6-15(2)19(12-16)32(29,30)22-10-4-3-5-11-22/h6-9,12-13H,3-5,10-11H2,1-2H3,(H,21,24). The molecule has 0 unspecified atom stereocenters. The van der Waals surface area contributed by atoms with E-state index in [-0.39, 0.29) is 16.0 Å². The lowest BCUT2D eigenvalue weighted by molar-refractivity contribution is -0.385. The Hall–Kier alpha value is -2.83. The number of nitrogens with one attached hydrogen (secondary N) is 1. The molecule has 0 aromatic heterocycles. The van der Waals surface area contributed by atoms with Crippen LogP contribution in [0.2, 0.25) is 0 Å². The first kappa shape index (κ1) is 23.8. The van der Waals surface area contributed by atoms with E-state index in [0.29, 0.717) is 18.7 Å². The van der Waals surface area contributed by atoms with Gasteiger partial charge in [0.1, 0.15) is 0 Å². The third-order valence-electron chi connectivity index (χ3n) is 5.28. The molecule has 2 aromatic rings. The Kier molecular flexibility index (Phi) is 6.67. The van der Waals surface area contributed by atoms with Gasteiger partial charge in [-0.2, -0.15) is 4.31 Å². The van der Waals surface area contributed by atoms with Crippen LogP contribution in [0.1, 0.15) is 40.7 Å². The van der Waals surface area contributed by atoms with Gasteiger partial charge in [-0.1, -0.05) is 18.6 Å². The molecule has 0 saturated carbocycles. The first-order valence-electron chi connectivity index (χ1n) is 9.86. The van der Waals surface area contributed by atoms with Crippen LogP contribution in [0.5, 0.6) is 0 Å². The number of rotatable bonds is 6. The number of nitro benzene ring substituents is 1. The summed E-state index contributed by atoms with van der Waals surface area (Å²) in [5, 5.41) is 11.0. The Morgan fingerprint density at radius 1 is 0.938 bits per heavy atom. The van der Waals surface area contributed by atoms with Crippen molar-refractivity contribution in [3.8, 4) is 0 Å². The van der Waals surface area contributed by atoms with Crippen LogP contribution in [-0.2, 0) is 20.0 Å². The van der Waals surface area contributed by atoms with Crippen molar-refractivity contribution in [1.82, 2.24) is 9.03 Å². The lowest BCUT2D eigenvalue weighted by Crippen LogP contribution is -2.36. The minimum absolute atomic E-state index is 0.0593. The quantitative estimate of drug-likeness (QED) is 0.493. The van der Waals surface area contributed by atoms with Crippen LogP contribution in [0.4, 0.5) is 5.69 Å². The zero-order valence-corrected chi connectivity index (χ0v) is 19.2. The van der Waals surface area contributed by atoms with E-state index in [2.05, 4.69) is 0 Å². The smallest absolute Gasteiger partial charge is 0.268 e. The summed E-state index contributed by atoms with van der Waals surface area (Å²) in [6.45, 7) is 3.82. The molecule has 10 nitrogen and oxygen atoms in total. The number of sulfonamides is 2. The van der Waals surface area contributed by atoms with Crippen LogP contribution >= 0.6 is 0 Å². The molecule has 0 bridgehead atoms. The second-order valence-electron chi connectivity index (χ2n) is 7.59. The van der Waals surface area contributed by atoms with Gasteiger partial charge in [-0.25, -0.2) is 21.6 Å². The zero-order valence-electron chi connectivity index (χ0n) is 17.6. The highest BCUT2D eigenvalue weighted by Crippen LogP contribution is 2.25. The topological polar surface area (TPSA) is 144 Å². The van der Waals surface area contributed by atoms with Gasteiger partial charge in [0, 0.05) is 30.8 Å². The predicted octanol–water partition coefficient (Wildman–Crippen LogP) is 2.50. The van der Waals surface area contributed by atoms with Crippen LogP contribution in [-0.4, -0.2) is 45.1 Å². The first-order valence-corrected chi connectivity index (χ1v) is 12.8. The van der Waals surface area contributed by atoms with Crippen LogP contribution < -0.4 is 4.72 Å². The van der Waals surface area contributed by atoms with Crippen molar-refractivity contribution in [3.63, 3.8) is 0 Å². The molecule has 0 atom stereocenters. The fourth-order valence-electron chi connectivity index (χ4n) is 3.49. The summed E-state index contributed by atoms with van der Waals surface area (Å²) in [7, 11) is -8.27. The third-order valence-corrected chi connectivity index (χ3v) is 8.80. The van der Waals surface area contributed by atoms with Crippen molar-refractivity contribution < 1.29 is 26.6 Å². The van der Waals surface area contributed by atoms with Crippen LogP contribution in [0.3, 0.4) is 0 Å². The minimum atomic E-state index is -4.44. The largest absolute Gasteiger partial charge is 0.270 e. The normalized spacial score (nSPS) is 15.3. The number of hydrogen-bond acceptors (Lipinski definition) is 7. The van der Waals surface area contributed by atoms with Crippen LogP contribution in [0.25, 0.3) is 0 Å². The van der Waals surface area contributed by atoms with Gasteiger partial charge in [0.25, 0.3) is 21.6 Å². The lowest BCUT2D eigenvalue weighted by atomic mass is 10.1. The summed E-state index contributed by atoms with van der Waals surface area (Å²) in [6.07, 6.45) is 2.45. The summed E-state index contributed by atoms with van der Waals surface area (Å²) < 4.78 is 54.8. The minimum Gasteiger partial charge on any atom is -0.268 e. The number of amides is 1. The molecule has 0 aliphatic carbocycles. The average molecular weight is 482 g/mol. The number of nitrogens with zero attached hydrogens (tertiary/aromatic N) is 2. The summed E-state index contributed by atoms with van der Waals surface area (Å²) in [6, 6.07) is 7.23. The molecule has 2 aromatic carbocycles. The van der Waals surface area contributed by atoms with Gasteiger partial charge in [-0.15, -0.1) is 0 Å². The first-order chi connectivity index (χ1) is 14.9. The molecule has 1 amide bonds. The molecule has 1 saturated heterocycles. The van der Waals surface area contributed by atoms with E-state index >= 15 is 0 Å². The molecule has 12 heteroatoms. The van der Waals surface area contributed by atoms with Crippen LogP contribution in [0.15, 0.2) is 46.2 Å². The number of benzene rings is 2. The number of carbonyl (C=O) groups excluding carboxylic acids is 1. The molecule has 32 heavy (non-hydrogen) atoms. The molecule has 1 heterocycles. The van der Waals surface area contributed by atoms with Crippen molar-refractivity contribution in [2.24, 2.45) is 0 Å². The van der Waals surface area contributed by atoms with E-state index in [4.69, 9.17) is 0 Å². The highest BCUT2D eigenvalue weighted by atomic mass is 32.2. The zero-order chi connectivity index (χ0) is 23.7. The van der Waals surface area contributed by atoms with E-state index < -0.39 is 41.5 Å². The van der Waals surface area contributed by atoms with Gasteiger partial charge < -0.3 is 0 Å². The number of aryl methyl sites for hydroxylation is 2. The highest BCUT2D eigenvalue weighted by Gasteiger charge is 2.29. The summed E-state index contributed by atoms with van der Waals surface area (Å²) >= 11 is 0. The van der Waals surface area contributed by atoms with Crippen molar-refractivity contribution in [3.05, 3.63) is 63.2 Å². The number of piperidine rings is 1. The Morgan fingerprint density at radius 2 is 1.53 bits per heavy atom. The summed E-state index contributed by atoms with van der Waals surface area (Å²) in [5.74, 6) is -1.04. The van der Waals surface area contributed by atoms with Gasteiger partial charge in [-0.05, 0) is 49.9 Å². The highest BCUT2D eigenvalue weighted by molar-refractivity contribution is 7.90. The number of non-ortho nitro benzene ring substituents is 1. The van der Waals surface area contributed by atoms with E-state index in [9.17, 15) is 31.7 Å². The number of hydrogen-bond donors (Lipinski definition) is 1. The van der Waals surface area contributed by atoms with E-state index in [1.165, 1.54) is 29.4 Å². The molecular weight excluding hydrogens is 458 g/mol. The third kappa shape index (κ3) is 4.81. The van der Waals surface area contributed by atoms with E-state index in [0.717, 1.165) is 37.5 Å². The number of nitro groups is 1. The van der Waals surface area contributed by atoms with Crippen LogP contribution in [0, 0.1) is 24.0 Å². The van der Waals surface area contributed by atoms with Gasteiger partial charge in [0.15, 0.2) is 0 Å². The Bertz CT molecular complexity index is 1280. The predicted molar refractivity (Wildman–Crippen MR) is 116 cm³/mol. The molecule has 0 spiro atoms. The molecule has 3 rings (SSSR count). The maximum absolute atomic E-state index is 13.0. The molecule has 172 valence electrons. The van der Waals surface area contributed by atoms with Gasteiger partial charge in [-0.3, -0.25) is 14.9 Å². The lowest BCUT2D eigenvalue weighted by Gasteiger charge is -2.26. The van der Waals surface area contributed by atoms with Crippen molar-refractivity contribution in [2.75, 3.05) is 13.1 Å². The second kappa shape index (κ2) is 8.96. The SMILES string of the molecule is Cc1ccc([N+](=O)[O-])cc1S(=O)(=O)NC(=O)c1ccc(C)c(S(=O)(=O)N2CCCCC2)c1. The summed E-state index contributed by atoms with van der Waals surface area (Å²) in [4.78, 5) is 22.5. The Morgan fingerprint density at radius 3 is 2.16 bits per heavy atom. The fourth-order valence-corrected chi connectivity index (χ4v) is 6.50. The average Bonchev–Trinajstić information content (AvgIpc) is 2.74. The molecule has 1 N–H and O–H groups in total. The van der Waals surface area contributed by atoms with Gasteiger partial charge in [0.05, 0.1) is 14.7 Å². The fraction of sp³-hybridized carbons (Fsp3) is 0.350. The Labute approximate surface area is 186 Å². The van der Waals surface area contributed by atoms with Crippen molar-refractivity contribution in [1.29, 1.82) is 0 Å². The van der Waals surface area contributed by atoms with Gasteiger partial charge in [0.2, 0.25) is 10.0 Å². The van der Waals surface area contributed by atoms with Crippen molar-refractivity contribution >= 4 is 31.6 Å². The Balaban J connectivity index is 1.93. The molecule has 0 radical (unpaired) electrons. The summed E-state index contributed by atoms with van der Waals surface area (Å²) in [5.41, 5.74) is 0.0594. The molecule has 1 aliphatic rings. The molecule has 1 fully saturated rings. The molecular formula is C20H23N3O7S2. The maximum atomic E-state index is 13.0. The monoisotopic (exact) mass is 481 g/mol. The molecule has 1 aliphatic heterocycles.